The fourth-order valence-corrected chi connectivity index (χ4v) is 0.841. The third-order valence-electron chi connectivity index (χ3n) is 1.80. The summed E-state index contributed by atoms with van der Waals surface area (Å²) in [6, 6.07) is 0. The van der Waals surface area contributed by atoms with Crippen molar-refractivity contribution in [2.45, 2.75) is 18.4 Å². The van der Waals surface area contributed by atoms with Crippen LogP contribution in [0.2, 0.25) is 0 Å². The van der Waals surface area contributed by atoms with Crippen LogP contribution in [0, 0.1) is 0 Å². The van der Waals surface area contributed by atoms with Crippen LogP contribution in [-0.4, -0.2) is 47.9 Å². The number of aliphatic hydroxyl groups is 3. The zero-order chi connectivity index (χ0) is 8.74. The summed E-state index contributed by atoms with van der Waals surface area (Å²) in [5.74, 6) is 0. The summed E-state index contributed by atoms with van der Waals surface area (Å²) < 4.78 is 4.93. The summed E-state index contributed by atoms with van der Waals surface area (Å²) in [7, 11) is 1.43. The zero-order valence-corrected chi connectivity index (χ0v) is 6.79. The van der Waals surface area contributed by atoms with Gasteiger partial charge in [-0.3, -0.25) is 0 Å². The van der Waals surface area contributed by atoms with E-state index in [-0.39, 0.29) is 19.8 Å². The topological polar surface area (TPSA) is 69.9 Å². The summed E-state index contributed by atoms with van der Waals surface area (Å²) in [5, 5.41) is 26.2. The van der Waals surface area contributed by atoms with Gasteiger partial charge in [0.25, 0.3) is 0 Å². The lowest BCUT2D eigenvalue weighted by atomic mass is 10.00. The van der Waals surface area contributed by atoms with Crippen molar-refractivity contribution < 1.29 is 20.1 Å². The molecule has 0 spiro atoms. The van der Waals surface area contributed by atoms with Crippen molar-refractivity contribution in [1.82, 2.24) is 0 Å². The van der Waals surface area contributed by atoms with Gasteiger partial charge in [0.2, 0.25) is 0 Å². The second-order valence-corrected chi connectivity index (χ2v) is 2.53. The van der Waals surface area contributed by atoms with Gasteiger partial charge in [0, 0.05) is 13.7 Å². The van der Waals surface area contributed by atoms with E-state index >= 15 is 0 Å². The van der Waals surface area contributed by atoms with Crippen LogP contribution >= 0.6 is 0 Å². The van der Waals surface area contributed by atoms with E-state index in [1.165, 1.54) is 7.11 Å². The molecule has 4 heteroatoms. The Morgan fingerprint density at radius 1 is 1.18 bits per heavy atom. The highest BCUT2D eigenvalue weighted by Crippen LogP contribution is 2.15. The SMILES string of the molecule is COC(CO)(CO)CCCO. The second-order valence-electron chi connectivity index (χ2n) is 2.53. The van der Waals surface area contributed by atoms with E-state index < -0.39 is 5.60 Å². The molecule has 68 valence electrons. The van der Waals surface area contributed by atoms with Crippen molar-refractivity contribution in [1.29, 1.82) is 0 Å². The number of aliphatic hydroxyl groups excluding tert-OH is 3. The molecule has 0 fully saturated rings. The summed E-state index contributed by atoms with van der Waals surface area (Å²) in [6.45, 7) is -0.398. The lowest BCUT2D eigenvalue weighted by Gasteiger charge is -2.27. The summed E-state index contributed by atoms with van der Waals surface area (Å²) in [4.78, 5) is 0. The Morgan fingerprint density at radius 3 is 2.00 bits per heavy atom. The van der Waals surface area contributed by atoms with E-state index in [2.05, 4.69) is 0 Å². The van der Waals surface area contributed by atoms with Gasteiger partial charge in [0.15, 0.2) is 0 Å². The molecular formula is C7H16O4. The normalized spacial score (nSPS) is 12.0. The Labute approximate surface area is 66.4 Å². The van der Waals surface area contributed by atoms with Crippen LogP contribution in [0.15, 0.2) is 0 Å². The minimum absolute atomic E-state index is 0.0467. The molecule has 0 aromatic carbocycles. The van der Waals surface area contributed by atoms with Crippen LogP contribution in [0.3, 0.4) is 0 Å². The van der Waals surface area contributed by atoms with Gasteiger partial charge in [-0.05, 0) is 12.8 Å². The van der Waals surface area contributed by atoms with Crippen LogP contribution in [0.1, 0.15) is 12.8 Å². The predicted molar refractivity (Wildman–Crippen MR) is 40.2 cm³/mol. The van der Waals surface area contributed by atoms with Gasteiger partial charge in [0.05, 0.1) is 13.2 Å². The standard InChI is InChI=1S/C7H16O4/c1-11-7(5-9,6-10)3-2-4-8/h8-10H,2-6H2,1H3. The molecule has 0 aromatic heterocycles. The Balaban J connectivity index is 3.84. The van der Waals surface area contributed by atoms with E-state index in [1.54, 1.807) is 0 Å². The van der Waals surface area contributed by atoms with Crippen molar-refractivity contribution in [3.63, 3.8) is 0 Å². The predicted octanol–water partition coefficient (Wildman–Crippen LogP) is -0.871. The van der Waals surface area contributed by atoms with Gasteiger partial charge in [-0.15, -0.1) is 0 Å². The highest BCUT2D eigenvalue weighted by atomic mass is 16.5. The molecule has 4 nitrogen and oxygen atoms in total. The average molecular weight is 164 g/mol. The first-order valence-corrected chi connectivity index (χ1v) is 3.62. The van der Waals surface area contributed by atoms with E-state index in [1.807, 2.05) is 0 Å². The fourth-order valence-electron chi connectivity index (χ4n) is 0.841. The lowest BCUT2D eigenvalue weighted by molar-refractivity contribution is -0.0923. The first kappa shape index (κ1) is 10.8. The van der Waals surface area contributed by atoms with E-state index in [9.17, 15) is 0 Å². The zero-order valence-electron chi connectivity index (χ0n) is 6.79. The number of hydrogen-bond donors (Lipinski definition) is 3. The molecule has 0 amide bonds. The molecule has 0 unspecified atom stereocenters. The molecule has 11 heavy (non-hydrogen) atoms. The third kappa shape index (κ3) is 3.16. The number of methoxy groups -OCH3 is 1. The minimum Gasteiger partial charge on any atom is -0.396 e. The molecule has 0 aliphatic carbocycles. The van der Waals surface area contributed by atoms with Gasteiger partial charge >= 0.3 is 0 Å². The van der Waals surface area contributed by atoms with Gasteiger partial charge in [-0.2, -0.15) is 0 Å². The van der Waals surface area contributed by atoms with Gasteiger partial charge in [-0.25, -0.2) is 0 Å². The van der Waals surface area contributed by atoms with E-state index in [0.717, 1.165) is 0 Å². The highest BCUT2D eigenvalue weighted by molar-refractivity contribution is 4.78. The number of ether oxygens (including phenoxy) is 1. The molecule has 0 saturated heterocycles. The first-order valence-electron chi connectivity index (χ1n) is 3.62. The molecule has 0 aromatic rings. The smallest absolute Gasteiger partial charge is 0.114 e. The molecule has 0 aliphatic heterocycles. The average Bonchev–Trinajstić information content (AvgIpc) is 2.08. The molecular weight excluding hydrogens is 148 g/mol. The highest BCUT2D eigenvalue weighted by Gasteiger charge is 2.27. The Bertz CT molecular complexity index is 82.2. The summed E-state index contributed by atoms with van der Waals surface area (Å²) in [5.41, 5.74) is -0.872. The molecule has 0 radical (unpaired) electrons. The maximum absolute atomic E-state index is 8.84. The molecule has 3 N–H and O–H groups in total. The van der Waals surface area contributed by atoms with Crippen LogP contribution < -0.4 is 0 Å². The van der Waals surface area contributed by atoms with Crippen LogP contribution in [-0.2, 0) is 4.74 Å². The monoisotopic (exact) mass is 164 g/mol. The Morgan fingerprint density at radius 2 is 1.73 bits per heavy atom. The molecule has 0 saturated carbocycles. The molecule has 0 heterocycles. The Kier molecular flexibility index (Phi) is 5.41. The van der Waals surface area contributed by atoms with Crippen LogP contribution in [0.4, 0.5) is 0 Å². The molecule has 0 bridgehead atoms. The largest absolute Gasteiger partial charge is 0.396 e. The number of rotatable bonds is 6. The van der Waals surface area contributed by atoms with Gasteiger partial charge in [-0.1, -0.05) is 0 Å². The van der Waals surface area contributed by atoms with Crippen LogP contribution in [0.25, 0.3) is 0 Å². The maximum Gasteiger partial charge on any atom is 0.114 e. The third-order valence-corrected chi connectivity index (χ3v) is 1.80. The first-order chi connectivity index (χ1) is 5.24. The quantitative estimate of drug-likeness (QED) is 0.477. The summed E-state index contributed by atoms with van der Waals surface area (Å²) in [6.07, 6.45) is 0.988. The minimum atomic E-state index is -0.872. The van der Waals surface area contributed by atoms with Crippen molar-refractivity contribution in [3.8, 4) is 0 Å². The van der Waals surface area contributed by atoms with Gasteiger partial charge < -0.3 is 20.1 Å². The maximum atomic E-state index is 8.84. The Hall–Kier alpha value is -0.160. The fraction of sp³-hybridized carbons (Fsp3) is 1.00. The second kappa shape index (κ2) is 5.49. The van der Waals surface area contributed by atoms with Crippen LogP contribution in [0.5, 0.6) is 0 Å². The molecule has 0 rings (SSSR count). The van der Waals surface area contributed by atoms with E-state index in [4.69, 9.17) is 20.1 Å². The lowest BCUT2D eigenvalue weighted by Crippen LogP contribution is -2.39. The number of hydrogen-bond acceptors (Lipinski definition) is 4. The van der Waals surface area contributed by atoms with Crippen molar-refractivity contribution in [2.75, 3.05) is 26.9 Å². The van der Waals surface area contributed by atoms with Crippen molar-refractivity contribution >= 4 is 0 Å². The van der Waals surface area contributed by atoms with E-state index in [0.29, 0.717) is 12.8 Å². The summed E-state index contributed by atoms with van der Waals surface area (Å²) >= 11 is 0. The van der Waals surface area contributed by atoms with Crippen molar-refractivity contribution in [2.24, 2.45) is 0 Å². The van der Waals surface area contributed by atoms with Crippen molar-refractivity contribution in [3.05, 3.63) is 0 Å². The molecule has 0 atom stereocenters. The molecule has 0 aliphatic rings. The van der Waals surface area contributed by atoms with Gasteiger partial charge in [0.1, 0.15) is 5.60 Å².